The maximum Gasteiger partial charge on any atom is 0.182 e. The lowest BCUT2D eigenvalue weighted by Crippen LogP contribution is -2.06. The van der Waals surface area contributed by atoms with Gasteiger partial charge < -0.3 is 5.73 Å². The molecule has 0 amide bonds. The highest BCUT2D eigenvalue weighted by molar-refractivity contribution is 7.90. The summed E-state index contributed by atoms with van der Waals surface area (Å²) in [6.45, 7) is 5.75. The maximum atomic E-state index is 12.4. The molecule has 3 nitrogen and oxygen atoms in total. The molecule has 0 aliphatic heterocycles. The quantitative estimate of drug-likeness (QED) is 0.883. The highest BCUT2D eigenvalue weighted by atomic mass is 32.2. The molecule has 0 fully saturated rings. The Morgan fingerprint density at radius 2 is 1.55 bits per heavy atom. The Morgan fingerprint density at radius 1 is 0.950 bits per heavy atom. The monoisotopic (exact) mass is 289 g/mol. The Bertz CT molecular complexity index is 729. The van der Waals surface area contributed by atoms with Crippen LogP contribution in [0, 0.1) is 20.8 Å². The highest BCUT2D eigenvalue weighted by Gasteiger charge is 2.16. The van der Waals surface area contributed by atoms with Crippen LogP contribution in [0.15, 0.2) is 41.3 Å². The first kappa shape index (κ1) is 14.6. The predicted octanol–water partition coefficient (Wildman–Crippen LogP) is 3.17. The van der Waals surface area contributed by atoms with E-state index in [0.717, 1.165) is 22.3 Å². The molecule has 0 spiro atoms. The van der Waals surface area contributed by atoms with Crippen molar-refractivity contribution in [3.8, 4) is 0 Å². The summed E-state index contributed by atoms with van der Waals surface area (Å²) in [6, 6.07) is 10.7. The van der Waals surface area contributed by atoms with Crippen LogP contribution >= 0.6 is 0 Å². The molecule has 2 aromatic rings. The van der Waals surface area contributed by atoms with Crippen LogP contribution in [-0.2, 0) is 15.6 Å². The molecule has 4 heteroatoms. The first-order chi connectivity index (χ1) is 9.28. The summed E-state index contributed by atoms with van der Waals surface area (Å²) < 4.78 is 24.9. The van der Waals surface area contributed by atoms with Crippen LogP contribution in [0.1, 0.15) is 22.3 Å². The average Bonchev–Trinajstić information content (AvgIpc) is 2.30. The maximum absolute atomic E-state index is 12.4. The van der Waals surface area contributed by atoms with Gasteiger partial charge in [-0.2, -0.15) is 0 Å². The second kappa shape index (κ2) is 5.29. The molecule has 0 radical (unpaired) electrons. The number of sulfone groups is 1. The fourth-order valence-corrected chi connectivity index (χ4v) is 3.70. The molecule has 0 bridgehead atoms. The van der Waals surface area contributed by atoms with Gasteiger partial charge >= 0.3 is 0 Å². The van der Waals surface area contributed by atoms with Crippen molar-refractivity contribution in [2.45, 2.75) is 31.4 Å². The number of nitrogens with two attached hydrogens (primary N) is 1. The fourth-order valence-electron chi connectivity index (χ4n) is 2.30. The minimum atomic E-state index is -3.34. The lowest BCUT2D eigenvalue weighted by atomic mass is 10.1. The van der Waals surface area contributed by atoms with Gasteiger partial charge in [0.2, 0.25) is 0 Å². The summed E-state index contributed by atoms with van der Waals surface area (Å²) in [5, 5.41) is 0. The third-order valence-corrected chi connectivity index (χ3v) is 4.92. The van der Waals surface area contributed by atoms with E-state index in [2.05, 4.69) is 0 Å². The van der Waals surface area contributed by atoms with Gasteiger partial charge in [0, 0.05) is 5.69 Å². The van der Waals surface area contributed by atoms with Gasteiger partial charge in [-0.15, -0.1) is 0 Å². The lowest BCUT2D eigenvalue weighted by Gasteiger charge is -2.08. The minimum Gasteiger partial charge on any atom is -0.399 e. The zero-order valence-corrected chi connectivity index (χ0v) is 12.8. The normalized spacial score (nSPS) is 11.6. The number of hydrogen-bond donors (Lipinski definition) is 1. The van der Waals surface area contributed by atoms with Crippen LogP contribution in [0.25, 0.3) is 0 Å². The Morgan fingerprint density at radius 3 is 2.10 bits per heavy atom. The van der Waals surface area contributed by atoms with Crippen molar-refractivity contribution in [3.05, 3.63) is 58.7 Å². The Labute approximate surface area is 120 Å². The summed E-state index contributed by atoms with van der Waals surface area (Å²) in [6.07, 6.45) is 0. The van der Waals surface area contributed by atoms with Gasteiger partial charge in [0.15, 0.2) is 9.84 Å². The van der Waals surface area contributed by atoms with Crippen LogP contribution in [-0.4, -0.2) is 8.42 Å². The van der Waals surface area contributed by atoms with E-state index in [9.17, 15) is 8.42 Å². The molecule has 0 aliphatic rings. The smallest absolute Gasteiger partial charge is 0.182 e. The molecule has 106 valence electrons. The Kier molecular flexibility index (Phi) is 3.86. The second-order valence-corrected chi connectivity index (χ2v) is 7.26. The molecule has 0 saturated heterocycles. The van der Waals surface area contributed by atoms with Gasteiger partial charge in [0.05, 0.1) is 10.6 Å². The summed E-state index contributed by atoms with van der Waals surface area (Å²) in [4.78, 5) is 0.323. The molecule has 0 aliphatic carbocycles. The molecule has 0 heterocycles. The molecule has 0 saturated carbocycles. The van der Waals surface area contributed by atoms with Crippen molar-refractivity contribution >= 4 is 15.5 Å². The van der Waals surface area contributed by atoms with Crippen molar-refractivity contribution in [1.29, 1.82) is 0 Å². The largest absolute Gasteiger partial charge is 0.399 e. The number of hydrogen-bond acceptors (Lipinski definition) is 3. The van der Waals surface area contributed by atoms with Crippen LogP contribution in [0.4, 0.5) is 5.69 Å². The minimum absolute atomic E-state index is 0.0128. The molecule has 2 aromatic carbocycles. The number of anilines is 1. The van der Waals surface area contributed by atoms with Gasteiger partial charge in [-0.25, -0.2) is 8.42 Å². The van der Waals surface area contributed by atoms with Gasteiger partial charge in [-0.1, -0.05) is 29.3 Å². The van der Waals surface area contributed by atoms with Crippen LogP contribution < -0.4 is 5.73 Å². The molecule has 2 N–H and O–H groups in total. The van der Waals surface area contributed by atoms with Gasteiger partial charge in [0.25, 0.3) is 0 Å². The average molecular weight is 289 g/mol. The topological polar surface area (TPSA) is 60.2 Å². The van der Waals surface area contributed by atoms with Crippen molar-refractivity contribution in [2.75, 3.05) is 5.73 Å². The van der Waals surface area contributed by atoms with E-state index in [-0.39, 0.29) is 5.75 Å². The molecule has 0 atom stereocenters. The SMILES string of the molecule is Cc1cc(C)cc(CS(=O)(=O)c2ccc(N)c(C)c2)c1. The molecule has 2 rings (SSSR count). The third-order valence-electron chi connectivity index (χ3n) is 3.24. The van der Waals surface area contributed by atoms with Crippen molar-refractivity contribution in [1.82, 2.24) is 0 Å². The van der Waals surface area contributed by atoms with E-state index in [1.165, 1.54) is 0 Å². The summed E-state index contributed by atoms with van der Waals surface area (Å²) in [5.74, 6) is 0.0128. The second-order valence-electron chi connectivity index (χ2n) is 5.27. The van der Waals surface area contributed by atoms with Crippen LogP contribution in [0.2, 0.25) is 0 Å². The molecular formula is C16H19NO2S. The van der Waals surface area contributed by atoms with Gasteiger partial charge in [-0.3, -0.25) is 0 Å². The summed E-state index contributed by atoms with van der Waals surface area (Å²) in [5.41, 5.74) is 10.1. The van der Waals surface area contributed by atoms with Crippen LogP contribution in [0.3, 0.4) is 0 Å². The highest BCUT2D eigenvalue weighted by Crippen LogP contribution is 2.21. The van der Waals surface area contributed by atoms with E-state index in [0.29, 0.717) is 10.6 Å². The first-order valence-electron chi connectivity index (χ1n) is 6.44. The fraction of sp³-hybridized carbons (Fsp3) is 0.250. The number of benzene rings is 2. The van der Waals surface area contributed by atoms with E-state index in [1.54, 1.807) is 18.2 Å². The zero-order chi connectivity index (χ0) is 14.9. The van der Waals surface area contributed by atoms with E-state index < -0.39 is 9.84 Å². The van der Waals surface area contributed by atoms with Crippen LogP contribution in [0.5, 0.6) is 0 Å². The van der Waals surface area contributed by atoms with Crippen molar-refractivity contribution in [2.24, 2.45) is 0 Å². The first-order valence-corrected chi connectivity index (χ1v) is 8.09. The number of rotatable bonds is 3. The van der Waals surface area contributed by atoms with Gasteiger partial charge in [0.1, 0.15) is 0 Å². The molecular weight excluding hydrogens is 270 g/mol. The number of aryl methyl sites for hydroxylation is 3. The molecule has 20 heavy (non-hydrogen) atoms. The molecule has 0 aromatic heterocycles. The Balaban J connectivity index is 2.37. The van der Waals surface area contributed by atoms with E-state index in [1.807, 2.05) is 39.0 Å². The standard InChI is InChI=1S/C16H19NO2S/c1-11-6-12(2)8-14(7-11)10-20(18,19)15-4-5-16(17)13(3)9-15/h4-9H,10,17H2,1-3H3. The van der Waals surface area contributed by atoms with E-state index in [4.69, 9.17) is 5.73 Å². The third kappa shape index (κ3) is 3.20. The van der Waals surface area contributed by atoms with Gasteiger partial charge in [-0.05, 0) is 50.1 Å². The van der Waals surface area contributed by atoms with E-state index >= 15 is 0 Å². The molecule has 0 unspecified atom stereocenters. The van der Waals surface area contributed by atoms with Crippen molar-refractivity contribution < 1.29 is 8.42 Å². The Hall–Kier alpha value is -1.81. The summed E-state index contributed by atoms with van der Waals surface area (Å²) in [7, 11) is -3.34. The predicted molar refractivity (Wildman–Crippen MR) is 82.4 cm³/mol. The van der Waals surface area contributed by atoms with Crippen molar-refractivity contribution in [3.63, 3.8) is 0 Å². The number of nitrogen functional groups attached to an aromatic ring is 1. The zero-order valence-electron chi connectivity index (χ0n) is 12.0. The lowest BCUT2D eigenvalue weighted by molar-refractivity contribution is 0.595. The summed E-state index contributed by atoms with van der Waals surface area (Å²) >= 11 is 0.